The molecule has 5 rings (SSSR count). The van der Waals surface area contributed by atoms with Crippen molar-refractivity contribution in [1.82, 2.24) is 14.8 Å². The smallest absolute Gasteiger partial charge is 0.277 e. The third-order valence-corrected chi connectivity index (χ3v) is 5.88. The van der Waals surface area contributed by atoms with Crippen molar-refractivity contribution in [3.05, 3.63) is 77.4 Å². The summed E-state index contributed by atoms with van der Waals surface area (Å²) in [6, 6.07) is 13.7. The minimum absolute atomic E-state index is 0.276. The van der Waals surface area contributed by atoms with E-state index in [4.69, 9.17) is 4.74 Å². The number of aromatic amines is 1. The van der Waals surface area contributed by atoms with Crippen LogP contribution < -0.4 is 0 Å². The Balaban J connectivity index is 1.45. The lowest BCUT2D eigenvalue weighted by atomic mass is 10.0. The third-order valence-electron chi connectivity index (χ3n) is 5.88. The molecule has 7 heteroatoms. The van der Waals surface area contributed by atoms with Gasteiger partial charge in [0.25, 0.3) is 11.8 Å². The number of nitrogens with one attached hydrogen (secondary N) is 1. The van der Waals surface area contributed by atoms with Crippen LogP contribution in [-0.2, 0) is 20.7 Å². The summed E-state index contributed by atoms with van der Waals surface area (Å²) in [6.45, 7) is 2.34. The van der Waals surface area contributed by atoms with Gasteiger partial charge >= 0.3 is 0 Å². The first-order valence-corrected chi connectivity index (χ1v) is 10.4. The number of H-pyrrole nitrogens is 1. The maximum atomic E-state index is 13.5. The van der Waals surface area contributed by atoms with Gasteiger partial charge in [-0.15, -0.1) is 0 Å². The summed E-state index contributed by atoms with van der Waals surface area (Å²) < 4.78 is 18.9. The number of amides is 2. The fourth-order valence-corrected chi connectivity index (χ4v) is 4.29. The second kappa shape index (κ2) is 8.00. The van der Waals surface area contributed by atoms with Gasteiger partial charge in [-0.3, -0.25) is 14.5 Å². The van der Waals surface area contributed by atoms with Crippen molar-refractivity contribution in [2.45, 2.75) is 6.42 Å². The number of ether oxygens (including phenoxy) is 1. The molecule has 0 aliphatic carbocycles. The van der Waals surface area contributed by atoms with Gasteiger partial charge < -0.3 is 14.6 Å². The maximum absolute atomic E-state index is 13.5. The Morgan fingerprint density at radius 3 is 2.48 bits per heavy atom. The Bertz CT molecular complexity index is 1180. The molecule has 158 valence electrons. The minimum Gasteiger partial charge on any atom is -0.378 e. The molecule has 2 aromatic carbocycles. The molecular weight excluding hydrogens is 397 g/mol. The van der Waals surface area contributed by atoms with Gasteiger partial charge in [-0.2, -0.15) is 0 Å². The Kier molecular flexibility index (Phi) is 5.03. The second-order valence-corrected chi connectivity index (χ2v) is 7.70. The molecule has 0 spiro atoms. The van der Waals surface area contributed by atoms with Crippen molar-refractivity contribution >= 4 is 28.3 Å². The van der Waals surface area contributed by atoms with E-state index in [1.807, 2.05) is 35.4 Å². The van der Waals surface area contributed by atoms with Crippen molar-refractivity contribution in [3.63, 3.8) is 0 Å². The number of nitrogens with zero attached hydrogens (tertiary/aromatic N) is 2. The van der Waals surface area contributed by atoms with E-state index in [1.54, 1.807) is 12.1 Å². The summed E-state index contributed by atoms with van der Waals surface area (Å²) in [5.41, 5.74) is 3.36. The van der Waals surface area contributed by atoms with E-state index < -0.39 is 0 Å². The number of para-hydroxylation sites is 1. The van der Waals surface area contributed by atoms with Gasteiger partial charge in [-0.25, -0.2) is 4.39 Å². The number of morpholine rings is 1. The van der Waals surface area contributed by atoms with Crippen LogP contribution in [0.15, 0.2) is 60.4 Å². The molecule has 31 heavy (non-hydrogen) atoms. The molecule has 6 nitrogen and oxygen atoms in total. The molecule has 2 amide bonds. The highest BCUT2D eigenvalue weighted by Crippen LogP contribution is 2.32. The zero-order chi connectivity index (χ0) is 21.4. The number of carbonyl (C=O) groups excluding carboxylic acids is 2. The van der Waals surface area contributed by atoms with E-state index in [-0.39, 0.29) is 24.2 Å². The Morgan fingerprint density at radius 2 is 1.71 bits per heavy atom. The van der Waals surface area contributed by atoms with E-state index in [9.17, 15) is 14.0 Å². The van der Waals surface area contributed by atoms with Crippen LogP contribution >= 0.6 is 0 Å². The first-order chi connectivity index (χ1) is 15.1. The predicted molar refractivity (Wildman–Crippen MR) is 114 cm³/mol. The van der Waals surface area contributed by atoms with Crippen LogP contribution in [0.2, 0.25) is 0 Å². The second-order valence-electron chi connectivity index (χ2n) is 7.70. The van der Waals surface area contributed by atoms with E-state index >= 15 is 0 Å². The first-order valence-electron chi connectivity index (χ1n) is 10.4. The van der Waals surface area contributed by atoms with Crippen molar-refractivity contribution < 1.29 is 18.7 Å². The zero-order valence-electron chi connectivity index (χ0n) is 16.9. The molecule has 1 saturated heterocycles. The van der Waals surface area contributed by atoms with E-state index in [0.717, 1.165) is 16.5 Å². The summed E-state index contributed by atoms with van der Waals surface area (Å²) >= 11 is 0. The number of imide groups is 1. The van der Waals surface area contributed by atoms with Crippen LogP contribution in [-0.4, -0.2) is 59.4 Å². The fraction of sp³-hybridized carbons (Fsp3) is 0.250. The van der Waals surface area contributed by atoms with Gasteiger partial charge in [0.2, 0.25) is 0 Å². The maximum Gasteiger partial charge on any atom is 0.277 e. The summed E-state index contributed by atoms with van der Waals surface area (Å²) in [7, 11) is 0. The highest BCUT2D eigenvalue weighted by Gasteiger charge is 2.41. The molecule has 2 aliphatic heterocycles. The van der Waals surface area contributed by atoms with Gasteiger partial charge in [0.15, 0.2) is 0 Å². The van der Waals surface area contributed by atoms with E-state index in [0.29, 0.717) is 49.6 Å². The van der Waals surface area contributed by atoms with Crippen LogP contribution in [0.1, 0.15) is 11.1 Å². The molecule has 1 aromatic heterocycles. The van der Waals surface area contributed by atoms with Crippen molar-refractivity contribution in [2.75, 3.05) is 32.8 Å². The van der Waals surface area contributed by atoms with Crippen LogP contribution in [0.25, 0.3) is 16.5 Å². The highest BCUT2D eigenvalue weighted by atomic mass is 19.1. The summed E-state index contributed by atoms with van der Waals surface area (Å²) in [4.78, 5) is 33.2. The summed E-state index contributed by atoms with van der Waals surface area (Å²) in [6.07, 6.45) is 2.47. The van der Waals surface area contributed by atoms with Crippen molar-refractivity contribution in [1.29, 1.82) is 0 Å². The van der Waals surface area contributed by atoms with Crippen molar-refractivity contribution in [2.24, 2.45) is 0 Å². The molecule has 2 aliphatic rings. The fourth-order valence-electron chi connectivity index (χ4n) is 4.29. The van der Waals surface area contributed by atoms with Gasteiger partial charge in [0, 0.05) is 36.7 Å². The number of fused-ring (bicyclic) bond motifs is 1. The van der Waals surface area contributed by atoms with Crippen LogP contribution in [0.3, 0.4) is 0 Å². The van der Waals surface area contributed by atoms with Gasteiger partial charge in [0.05, 0.1) is 18.8 Å². The lowest BCUT2D eigenvalue weighted by molar-refractivity contribution is -0.137. The van der Waals surface area contributed by atoms with Gasteiger partial charge in [-0.1, -0.05) is 30.3 Å². The van der Waals surface area contributed by atoms with Crippen LogP contribution in [0.5, 0.6) is 0 Å². The molecule has 0 bridgehead atoms. The molecular formula is C24H22FN3O3. The number of hydrogen-bond acceptors (Lipinski definition) is 4. The van der Waals surface area contributed by atoms with Gasteiger partial charge in [0.1, 0.15) is 11.5 Å². The third kappa shape index (κ3) is 3.51. The summed E-state index contributed by atoms with van der Waals surface area (Å²) in [5, 5.41) is 1.08. The predicted octanol–water partition coefficient (Wildman–Crippen LogP) is 2.96. The van der Waals surface area contributed by atoms with E-state index in [2.05, 4.69) is 4.98 Å². The molecule has 3 aromatic rings. The van der Waals surface area contributed by atoms with Crippen molar-refractivity contribution in [3.8, 4) is 0 Å². The molecule has 0 radical (unpaired) electrons. The van der Waals surface area contributed by atoms with Gasteiger partial charge in [-0.05, 0) is 35.7 Å². The Labute approximate surface area is 178 Å². The molecule has 0 unspecified atom stereocenters. The lowest BCUT2D eigenvalue weighted by Crippen LogP contribution is -2.40. The number of hydrogen-bond donors (Lipinski definition) is 1. The molecule has 1 N–H and O–H groups in total. The number of benzene rings is 2. The zero-order valence-corrected chi connectivity index (χ0v) is 16.9. The molecule has 3 heterocycles. The lowest BCUT2D eigenvalue weighted by Gasteiger charge is -2.29. The minimum atomic E-state index is -0.384. The SMILES string of the molecule is O=C1C(c2ccc(F)cc2)=C(N2CCOCC2)C(=O)N1CCc1c[nH]c2ccccc12. The Hall–Kier alpha value is -3.45. The number of halogens is 1. The first kappa shape index (κ1) is 19.5. The molecule has 1 fully saturated rings. The normalized spacial score (nSPS) is 17.3. The highest BCUT2D eigenvalue weighted by molar-refractivity contribution is 6.35. The van der Waals surface area contributed by atoms with E-state index in [1.165, 1.54) is 17.0 Å². The molecule has 0 atom stereocenters. The number of rotatable bonds is 5. The number of aromatic nitrogens is 1. The van der Waals surface area contributed by atoms with Crippen LogP contribution in [0, 0.1) is 5.82 Å². The Morgan fingerprint density at radius 1 is 0.968 bits per heavy atom. The number of carbonyl (C=O) groups is 2. The average Bonchev–Trinajstić information content (AvgIpc) is 3.32. The molecule has 0 saturated carbocycles. The standard InChI is InChI=1S/C24H22FN3O3/c25-18-7-5-16(6-8-18)21-22(27-11-13-31-14-12-27)24(30)28(23(21)29)10-9-17-15-26-20-4-2-1-3-19(17)20/h1-8,15,26H,9-14H2. The van der Waals surface area contributed by atoms with Crippen LogP contribution in [0.4, 0.5) is 4.39 Å². The average molecular weight is 419 g/mol. The quantitative estimate of drug-likeness (QED) is 0.646. The topological polar surface area (TPSA) is 65.6 Å². The summed E-state index contributed by atoms with van der Waals surface area (Å²) in [5.74, 6) is -1.02. The monoisotopic (exact) mass is 419 g/mol. The largest absolute Gasteiger partial charge is 0.378 e.